The number of esters is 1. The van der Waals surface area contributed by atoms with Crippen molar-refractivity contribution in [1.82, 2.24) is 0 Å². The fraction of sp³-hybridized carbons (Fsp3) is 0.765. The molecule has 0 aromatic heterocycles. The average Bonchev–Trinajstić information content (AvgIpc) is 2.46. The lowest BCUT2D eigenvalue weighted by molar-refractivity contribution is -0.141. The molecule has 0 saturated heterocycles. The van der Waals surface area contributed by atoms with E-state index in [1.54, 1.807) is 0 Å². The van der Waals surface area contributed by atoms with Crippen LogP contribution in [0.3, 0.4) is 0 Å². The number of allylic oxidation sites excluding steroid dienone is 2. The van der Waals surface area contributed by atoms with Gasteiger partial charge in [0.15, 0.2) is 0 Å². The number of aliphatic carboxylic acids is 1. The fourth-order valence-corrected chi connectivity index (χ4v) is 2.11. The van der Waals surface area contributed by atoms with Crippen LogP contribution in [-0.2, 0) is 14.3 Å². The van der Waals surface area contributed by atoms with E-state index in [0.29, 0.717) is 12.8 Å². The molecule has 0 saturated carbocycles. The maximum atomic E-state index is 10.9. The fourth-order valence-electron chi connectivity index (χ4n) is 2.11. The number of rotatable bonds is 14. The molecule has 0 aliphatic heterocycles. The van der Waals surface area contributed by atoms with Crippen molar-refractivity contribution in [2.45, 2.75) is 77.0 Å². The van der Waals surface area contributed by atoms with Gasteiger partial charge in [-0.15, -0.1) is 0 Å². The molecule has 0 aliphatic carbocycles. The van der Waals surface area contributed by atoms with Gasteiger partial charge in [-0.1, -0.05) is 37.8 Å². The van der Waals surface area contributed by atoms with E-state index in [4.69, 9.17) is 5.11 Å². The van der Waals surface area contributed by atoms with Gasteiger partial charge in [0.1, 0.15) is 0 Å². The van der Waals surface area contributed by atoms with Crippen molar-refractivity contribution in [2.75, 3.05) is 7.11 Å². The van der Waals surface area contributed by atoms with Crippen molar-refractivity contribution < 1.29 is 19.4 Å². The Labute approximate surface area is 128 Å². The van der Waals surface area contributed by atoms with Crippen LogP contribution in [0.4, 0.5) is 0 Å². The molecule has 0 heterocycles. The molecule has 0 amide bonds. The molecule has 4 nitrogen and oxygen atoms in total. The van der Waals surface area contributed by atoms with E-state index in [-0.39, 0.29) is 5.97 Å². The van der Waals surface area contributed by atoms with Gasteiger partial charge in [-0.3, -0.25) is 9.59 Å². The van der Waals surface area contributed by atoms with E-state index in [2.05, 4.69) is 16.9 Å². The standard InChI is InChI=1S/C17H30O4/c1-21-17(20)15-13-11-9-7-5-3-2-4-6-8-10-12-14-16(18)19/h2,4H,3,5-15H2,1H3,(H,18,19). The van der Waals surface area contributed by atoms with Crippen LogP contribution in [0.15, 0.2) is 12.2 Å². The Balaban J connectivity index is 3.15. The number of carbonyl (C=O) groups excluding carboxylic acids is 1. The maximum Gasteiger partial charge on any atom is 0.305 e. The summed E-state index contributed by atoms with van der Waals surface area (Å²) in [5, 5.41) is 8.49. The molecule has 122 valence electrons. The number of carboxylic acid groups (broad SMARTS) is 1. The van der Waals surface area contributed by atoms with Crippen molar-refractivity contribution >= 4 is 11.9 Å². The summed E-state index contributed by atoms with van der Waals surface area (Å²) in [7, 11) is 1.43. The molecular weight excluding hydrogens is 268 g/mol. The van der Waals surface area contributed by atoms with Crippen LogP contribution < -0.4 is 0 Å². The van der Waals surface area contributed by atoms with E-state index in [0.717, 1.165) is 44.9 Å². The average molecular weight is 298 g/mol. The predicted molar refractivity (Wildman–Crippen MR) is 84.2 cm³/mol. The first-order valence-electron chi connectivity index (χ1n) is 8.10. The van der Waals surface area contributed by atoms with Gasteiger partial charge in [0.05, 0.1) is 7.11 Å². The lowest BCUT2D eigenvalue weighted by Gasteiger charge is -2.00. The number of hydrogen-bond acceptors (Lipinski definition) is 3. The number of carbonyl (C=O) groups is 2. The zero-order valence-corrected chi connectivity index (χ0v) is 13.3. The van der Waals surface area contributed by atoms with Crippen molar-refractivity contribution in [2.24, 2.45) is 0 Å². The molecular formula is C17H30O4. The van der Waals surface area contributed by atoms with Crippen molar-refractivity contribution in [3.8, 4) is 0 Å². The second-order valence-electron chi connectivity index (χ2n) is 5.35. The van der Waals surface area contributed by atoms with E-state index in [1.165, 1.54) is 26.4 Å². The quantitative estimate of drug-likeness (QED) is 0.292. The highest BCUT2D eigenvalue weighted by Crippen LogP contribution is 2.09. The topological polar surface area (TPSA) is 63.6 Å². The van der Waals surface area contributed by atoms with Gasteiger partial charge in [-0.25, -0.2) is 0 Å². The molecule has 4 heteroatoms. The second kappa shape index (κ2) is 15.1. The molecule has 0 rings (SSSR count). The number of unbranched alkanes of at least 4 members (excludes halogenated alkanes) is 8. The summed E-state index contributed by atoms with van der Waals surface area (Å²) in [5.41, 5.74) is 0. The summed E-state index contributed by atoms with van der Waals surface area (Å²) in [6, 6.07) is 0. The summed E-state index contributed by atoms with van der Waals surface area (Å²) >= 11 is 0. The number of methoxy groups -OCH3 is 1. The minimum Gasteiger partial charge on any atom is -0.481 e. The Kier molecular flexibility index (Phi) is 14.1. The van der Waals surface area contributed by atoms with Crippen molar-refractivity contribution in [1.29, 1.82) is 0 Å². The maximum absolute atomic E-state index is 10.9. The molecule has 0 aromatic rings. The Bertz CT molecular complexity index is 297. The smallest absolute Gasteiger partial charge is 0.305 e. The summed E-state index contributed by atoms with van der Waals surface area (Å²) < 4.78 is 4.59. The SMILES string of the molecule is COC(=O)CCCCCCCC=CCCCCCC(=O)O. The predicted octanol–water partition coefficient (Wildman–Crippen LogP) is 4.48. The normalized spacial score (nSPS) is 10.9. The second-order valence-corrected chi connectivity index (χ2v) is 5.35. The van der Waals surface area contributed by atoms with Crippen LogP contribution in [0, 0.1) is 0 Å². The number of hydrogen-bond donors (Lipinski definition) is 1. The third-order valence-electron chi connectivity index (χ3n) is 3.41. The van der Waals surface area contributed by atoms with Gasteiger partial charge in [-0.05, 0) is 38.5 Å². The minimum atomic E-state index is -0.697. The summed E-state index contributed by atoms with van der Waals surface area (Å²) in [5.74, 6) is -0.807. The first kappa shape index (κ1) is 19.7. The van der Waals surface area contributed by atoms with E-state index in [9.17, 15) is 9.59 Å². The van der Waals surface area contributed by atoms with Gasteiger partial charge in [0.2, 0.25) is 0 Å². The van der Waals surface area contributed by atoms with Crippen LogP contribution in [0.2, 0.25) is 0 Å². The van der Waals surface area contributed by atoms with Gasteiger partial charge < -0.3 is 9.84 Å². The molecule has 0 atom stereocenters. The molecule has 0 radical (unpaired) electrons. The zero-order chi connectivity index (χ0) is 15.8. The highest BCUT2D eigenvalue weighted by atomic mass is 16.5. The van der Waals surface area contributed by atoms with Crippen LogP contribution >= 0.6 is 0 Å². The van der Waals surface area contributed by atoms with E-state index >= 15 is 0 Å². The van der Waals surface area contributed by atoms with E-state index < -0.39 is 5.97 Å². The number of ether oxygens (including phenoxy) is 1. The number of carboxylic acids is 1. The van der Waals surface area contributed by atoms with Crippen LogP contribution in [0.25, 0.3) is 0 Å². The van der Waals surface area contributed by atoms with Crippen molar-refractivity contribution in [3.05, 3.63) is 12.2 Å². The highest BCUT2D eigenvalue weighted by Gasteiger charge is 1.98. The lowest BCUT2D eigenvalue weighted by Crippen LogP contribution is -1.98. The minimum absolute atomic E-state index is 0.110. The third-order valence-corrected chi connectivity index (χ3v) is 3.41. The Morgan fingerprint density at radius 3 is 1.86 bits per heavy atom. The Hall–Kier alpha value is -1.32. The molecule has 0 bridgehead atoms. The summed E-state index contributed by atoms with van der Waals surface area (Å²) in [6.07, 6.45) is 15.9. The first-order chi connectivity index (χ1) is 10.2. The van der Waals surface area contributed by atoms with Gasteiger partial charge in [0.25, 0.3) is 0 Å². The largest absolute Gasteiger partial charge is 0.481 e. The molecule has 1 N–H and O–H groups in total. The Morgan fingerprint density at radius 1 is 0.810 bits per heavy atom. The molecule has 21 heavy (non-hydrogen) atoms. The van der Waals surface area contributed by atoms with E-state index in [1.807, 2.05) is 0 Å². The molecule has 0 unspecified atom stereocenters. The first-order valence-corrected chi connectivity index (χ1v) is 8.10. The molecule has 0 fully saturated rings. The monoisotopic (exact) mass is 298 g/mol. The summed E-state index contributed by atoms with van der Waals surface area (Å²) in [6.45, 7) is 0. The zero-order valence-electron chi connectivity index (χ0n) is 13.3. The van der Waals surface area contributed by atoms with Gasteiger partial charge in [-0.2, -0.15) is 0 Å². The molecule has 0 aliphatic rings. The van der Waals surface area contributed by atoms with Crippen LogP contribution in [0.1, 0.15) is 77.0 Å². The summed E-state index contributed by atoms with van der Waals surface area (Å²) in [4.78, 5) is 21.2. The lowest BCUT2D eigenvalue weighted by atomic mass is 10.1. The van der Waals surface area contributed by atoms with Crippen molar-refractivity contribution in [3.63, 3.8) is 0 Å². The molecule has 0 aromatic carbocycles. The van der Waals surface area contributed by atoms with Crippen LogP contribution in [-0.4, -0.2) is 24.2 Å². The van der Waals surface area contributed by atoms with Gasteiger partial charge >= 0.3 is 11.9 Å². The Morgan fingerprint density at radius 2 is 1.29 bits per heavy atom. The highest BCUT2D eigenvalue weighted by molar-refractivity contribution is 5.68. The van der Waals surface area contributed by atoms with Crippen LogP contribution in [0.5, 0.6) is 0 Å². The molecule has 0 spiro atoms. The third kappa shape index (κ3) is 16.6. The van der Waals surface area contributed by atoms with Gasteiger partial charge in [0, 0.05) is 12.8 Å².